The van der Waals surface area contributed by atoms with E-state index in [1.54, 1.807) is 25.2 Å². The molecule has 1 unspecified atom stereocenters. The molecule has 0 bridgehead atoms. The summed E-state index contributed by atoms with van der Waals surface area (Å²) in [7, 11) is 1.57. The van der Waals surface area contributed by atoms with Gasteiger partial charge < -0.3 is 4.90 Å². The molecule has 7 nitrogen and oxygen atoms in total. The molecule has 1 saturated heterocycles. The van der Waals surface area contributed by atoms with Gasteiger partial charge in [0.05, 0.1) is 10.9 Å². The van der Waals surface area contributed by atoms with E-state index in [4.69, 9.17) is 4.98 Å². The molecule has 0 amide bonds. The van der Waals surface area contributed by atoms with Crippen LogP contribution in [0.15, 0.2) is 72.0 Å². The monoisotopic (exact) mass is 611 g/mol. The summed E-state index contributed by atoms with van der Waals surface area (Å²) >= 11 is 1.59. The van der Waals surface area contributed by atoms with Crippen LogP contribution < -0.4 is 4.90 Å². The molecule has 43 heavy (non-hydrogen) atoms. The SMILES string of the molecule is Cc1c(F)c(-c2nn(C)c3nc(N4CCN(Sc5ccccn5)CC4Cc4ccccc4)ncc23)cc(C(F)(F)F)c1F. The van der Waals surface area contributed by atoms with Crippen LogP contribution in [0.5, 0.6) is 0 Å². The van der Waals surface area contributed by atoms with E-state index in [9.17, 15) is 17.6 Å². The number of benzene rings is 2. The Hall–Kier alpha value is -4.10. The normalized spacial score (nSPS) is 16.3. The van der Waals surface area contributed by atoms with Crippen LogP contribution in [0.3, 0.4) is 0 Å². The molecular weight excluding hydrogens is 585 g/mol. The quantitative estimate of drug-likeness (QED) is 0.161. The average molecular weight is 612 g/mol. The second-order valence-electron chi connectivity index (χ2n) is 10.3. The summed E-state index contributed by atoms with van der Waals surface area (Å²) in [6.07, 6.45) is -1.08. The highest BCUT2D eigenvalue weighted by Gasteiger charge is 2.37. The highest BCUT2D eigenvalue weighted by Crippen LogP contribution is 2.39. The molecule has 6 rings (SSSR count). The lowest BCUT2D eigenvalue weighted by Gasteiger charge is -2.40. The van der Waals surface area contributed by atoms with Gasteiger partial charge in [-0.05, 0) is 49.1 Å². The van der Waals surface area contributed by atoms with Crippen molar-refractivity contribution in [3.63, 3.8) is 0 Å². The molecule has 13 heteroatoms. The number of rotatable bonds is 6. The number of fused-ring (bicyclic) bond motifs is 1. The van der Waals surface area contributed by atoms with Gasteiger partial charge in [0.1, 0.15) is 22.4 Å². The first-order chi connectivity index (χ1) is 20.6. The fourth-order valence-electron chi connectivity index (χ4n) is 5.28. The first-order valence-electron chi connectivity index (χ1n) is 13.5. The third-order valence-corrected chi connectivity index (χ3v) is 8.44. The Bertz CT molecular complexity index is 1760. The van der Waals surface area contributed by atoms with Crippen LogP contribution in [-0.4, -0.2) is 54.7 Å². The Labute approximate surface area is 248 Å². The molecule has 0 saturated carbocycles. The van der Waals surface area contributed by atoms with Crippen LogP contribution in [0, 0.1) is 18.6 Å². The minimum atomic E-state index is -5.00. The summed E-state index contributed by atoms with van der Waals surface area (Å²) in [4.78, 5) is 15.9. The van der Waals surface area contributed by atoms with Gasteiger partial charge in [0.15, 0.2) is 5.65 Å². The van der Waals surface area contributed by atoms with Gasteiger partial charge in [-0.15, -0.1) is 0 Å². The minimum Gasteiger partial charge on any atom is -0.335 e. The highest BCUT2D eigenvalue weighted by atomic mass is 32.2. The minimum absolute atomic E-state index is 0.0101. The van der Waals surface area contributed by atoms with E-state index in [-0.39, 0.29) is 17.1 Å². The van der Waals surface area contributed by atoms with Gasteiger partial charge in [0, 0.05) is 56.2 Å². The first kappa shape index (κ1) is 29.0. The van der Waals surface area contributed by atoms with Crippen molar-refractivity contribution in [3.8, 4) is 11.3 Å². The van der Waals surface area contributed by atoms with Gasteiger partial charge in [-0.3, -0.25) is 0 Å². The van der Waals surface area contributed by atoms with E-state index >= 15 is 4.39 Å². The van der Waals surface area contributed by atoms with Crippen LogP contribution in [0.4, 0.5) is 27.9 Å². The van der Waals surface area contributed by atoms with E-state index in [0.717, 1.165) is 23.9 Å². The van der Waals surface area contributed by atoms with Crippen molar-refractivity contribution in [1.29, 1.82) is 0 Å². The maximum Gasteiger partial charge on any atom is 0.419 e. The molecule has 4 heterocycles. The van der Waals surface area contributed by atoms with E-state index in [0.29, 0.717) is 37.3 Å². The van der Waals surface area contributed by atoms with Crippen LogP contribution >= 0.6 is 11.9 Å². The lowest BCUT2D eigenvalue weighted by molar-refractivity contribution is -0.140. The van der Waals surface area contributed by atoms with Crippen LogP contribution in [0.2, 0.25) is 0 Å². The fourth-order valence-corrected chi connectivity index (χ4v) is 6.21. The molecule has 2 aromatic carbocycles. The Morgan fingerprint density at radius 3 is 2.47 bits per heavy atom. The van der Waals surface area contributed by atoms with Gasteiger partial charge in [0.25, 0.3) is 0 Å². The molecule has 0 radical (unpaired) electrons. The number of hydrogen-bond acceptors (Lipinski definition) is 7. The molecule has 1 fully saturated rings. The van der Waals surface area contributed by atoms with E-state index in [1.807, 2.05) is 36.4 Å². The molecule has 0 N–H and O–H groups in total. The molecule has 0 aliphatic carbocycles. The number of halogens is 5. The Balaban J connectivity index is 1.36. The van der Waals surface area contributed by atoms with Gasteiger partial charge in [-0.25, -0.2) is 27.7 Å². The summed E-state index contributed by atoms with van der Waals surface area (Å²) in [6, 6.07) is 16.3. The van der Waals surface area contributed by atoms with Crippen LogP contribution in [0.25, 0.3) is 22.3 Å². The number of anilines is 1. The first-order valence-corrected chi connectivity index (χ1v) is 14.3. The van der Waals surface area contributed by atoms with Gasteiger partial charge in [0.2, 0.25) is 5.95 Å². The third-order valence-electron chi connectivity index (χ3n) is 7.43. The number of alkyl halides is 3. The van der Waals surface area contributed by atoms with Crippen molar-refractivity contribution >= 4 is 28.9 Å². The van der Waals surface area contributed by atoms with E-state index in [1.165, 1.54) is 10.9 Å². The number of aromatic nitrogens is 5. The largest absolute Gasteiger partial charge is 0.419 e. The summed E-state index contributed by atoms with van der Waals surface area (Å²) < 4.78 is 73.8. The summed E-state index contributed by atoms with van der Waals surface area (Å²) in [6.45, 7) is 2.97. The van der Waals surface area contributed by atoms with E-state index < -0.39 is 34.5 Å². The van der Waals surface area contributed by atoms with Crippen molar-refractivity contribution < 1.29 is 22.0 Å². The topological polar surface area (TPSA) is 63.0 Å². The maximum atomic E-state index is 15.2. The lowest BCUT2D eigenvalue weighted by Crippen LogP contribution is -2.52. The molecule has 5 aromatic rings. The Morgan fingerprint density at radius 1 is 0.977 bits per heavy atom. The van der Waals surface area contributed by atoms with Crippen molar-refractivity contribution in [1.82, 2.24) is 29.0 Å². The van der Waals surface area contributed by atoms with Gasteiger partial charge >= 0.3 is 6.18 Å². The zero-order chi connectivity index (χ0) is 30.3. The van der Waals surface area contributed by atoms with E-state index in [2.05, 4.69) is 36.4 Å². The number of nitrogens with zero attached hydrogens (tertiary/aromatic N) is 7. The fraction of sp³-hybridized carbons (Fsp3) is 0.267. The molecule has 0 spiro atoms. The zero-order valence-corrected chi connectivity index (χ0v) is 24.0. The lowest BCUT2D eigenvalue weighted by atomic mass is 10.0. The van der Waals surface area contributed by atoms with Crippen molar-refractivity contribution in [3.05, 3.63) is 95.3 Å². The smallest absolute Gasteiger partial charge is 0.335 e. The van der Waals surface area contributed by atoms with Crippen molar-refractivity contribution in [2.45, 2.75) is 30.6 Å². The second kappa shape index (κ2) is 11.5. The summed E-state index contributed by atoms with van der Waals surface area (Å²) in [5.41, 5.74) is -1.37. The number of pyridine rings is 1. The van der Waals surface area contributed by atoms with Crippen molar-refractivity contribution in [2.24, 2.45) is 7.05 Å². The Morgan fingerprint density at radius 2 is 1.74 bits per heavy atom. The second-order valence-corrected chi connectivity index (χ2v) is 11.4. The van der Waals surface area contributed by atoms with Gasteiger partial charge in [-0.2, -0.15) is 23.3 Å². The summed E-state index contributed by atoms with van der Waals surface area (Å²) in [5, 5.41) is 5.45. The van der Waals surface area contributed by atoms with Crippen molar-refractivity contribution in [2.75, 3.05) is 24.5 Å². The predicted molar refractivity (Wildman–Crippen MR) is 154 cm³/mol. The van der Waals surface area contributed by atoms with Crippen LogP contribution in [0.1, 0.15) is 16.7 Å². The molecular formula is C30H26F5N7S. The zero-order valence-electron chi connectivity index (χ0n) is 23.2. The standard InChI is InChI=1S/C30H26F5N7S/c1-18-25(31)21(15-23(26(18)32)30(33,34)35)27-22-16-37-29(38-28(22)40(2)39-27)42-13-12-41(43-24-10-6-7-11-36-24)17-20(42)14-19-8-4-3-5-9-19/h3-11,15-16,20H,12-14,17H2,1-2H3. The van der Waals surface area contributed by atoms with Crippen LogP contribution in [-0.2, 0) is 19.6 Å². The highest BCUT2D eigenvalue weighted by molar-refractivity contribution is 7.97. The number of piperazine rings is 1. The molecule has 1 aliphatic rings. The molecule has 222 valence electrons. The maximum absolute atomic E-state index is 15.2. The molecule has 1 atom stereocenters. The number of hydrogen-bond donors (Lipinski definition) is 0. The third kappa shape index (κ3) is 5.78. The Kier molecular flexibility index (Phi) is 7.77. The number of aryl methyl sites for hydroxylation is 1. The average Bonchev–Trinajstić information content (AvgIpc) is 3.32. The van der Waals surface area contributed by atoms with Gasteiger partial charge in [-0.1, -0.05) is 36.4 Å². The summed E-state index contributed by atoms with van der Waals surface area (Å²) in [5.74, 6) is -2.33. The molecule has 1 aliphatic heterocycles. The molecule has 3 aromatic heterocycles. The predicted octanol–water partition coefficient (Wildman–Crippen LogP) is 6.47.